The van der Waals surface area contributed by atoms with Crippen LogP contribution in [0.1, 0.15) is 23.6 Å². The van der Waals surface area contributed by atoms with Gasteiger partial charge in [-0.2, -0.15) is 0 Å². The van der Waals surface area contributed by atoms with E-state index in [4.69, 9.17) is 17.0 Å². The van der Waals surface area contributed by atoms with Gasteiger partial charge >= 0.3 is 5.97 Å². The molecular weight excluding hydrogens is 302 g/mol. The standard InChI is InChI=1S/C16H17NO2S2/c1-4-19-15(18)9-13-14(21-16(20)17-13)8-12-6-5-10(2)7-11(12)3/h5-9H,4H2,1-3H3,(H,17,20)/b13-9-,14-8-. The summed E-state index contributed by atoms with van der Waals surface area (Å²) in [5.41, 5.74) is 3.53. The van der Waals surface area contributed by atoms with Crippen molar-refractivity contribution in [1.29, 1.82) is 0 Å². The van der Waals surface area contributed by atoms with Gasteiger partial charge in [0.1, 0.15) is 0 Å². The highest BCUT2D eigenvalue weighted by molar-refractivity contribution is 7.73. The predicted molar refractivity (Wildman–Crippen MR) is 89.3 cm³/mol. The number of aromatic nitrogens is 1. The summed E-state index contributed by atoms with van der Waals surface area (Å²) in [4.78, 5) is 14.6. The summed E-state index contributed by atoms with van der Waals surface area (Å²) < 4.78 is 6.51. The number of hydrogen-bond donors (Lipinski definition) is 1. The zero-order valence-electron chi connectivity index (χ0n) is 12.2. The number of hydrogen-bond acceptors (Lipinski definition) is 4. The van der Waals surface area contributed by atoms with Crippen LogP contribution < -0.4 is 9.88 Å². The predicted octanol–water partition coefficient (Wildman–Crippen LogP) is 2.59. The molecule has 0 saturated carbocycles. The van der Waals surface area contributed by atoms with Crippen LogP contribution in [0.4, 0.5) is 0 Å². The van der Waals surface area contributed by atoms with Crippen LogP contribution in [0, 0.1) is 17.8 Å². The maximum absolute atomic E-state index is 11.6. The topological polar surface area (TPSA) is 42.1 Å². The molecule has 2 aromatic rings. The Bertz CT molecular complexity index is 831. The minimum absolute atomic E-state index is 0.357. The summed E-state index contributed by atoms with van der Waals surface area (Å²) in [5.74, 6) is -0.364. The van der Waals surface area contributed by atoms with Crippen molar-refractivity contribution in [3.05, 3.63) is 48.7 Å². The lowest BCUT2D eigenvalue weighted by Crippen LogP contribution is -2.23. The minimum Gasteiger partial charge on any atom is -0.463 e. The molecule has 1 aromatic carbocycles. The third-order valence-electron chi connectivity index (χ3n) is 2.97. The first kappa shape index (κ1) is 15.7. The summed E-state index contributed by atoms with van der Waals surface area (Å²) >= 11 is 6.63. The summed E-state index contributed by atoms with van der Waals surface area (Å²) in [6.45, 7) is 6.27. The number of carbonyl (C=O) groups is 1. The van der Waals surface area contributed by atoms with E-state index in [2.05, 4.69) is 37.0 Å². The highest BCUT2D eigenvalue weighted by atomic mass is 32.1. The molecule has 3 nitrogen and oxygen atoms in total. The third kappa shape index (κ3) is 4.12. The van der Waals surface area contributed by atoms with Crippen LogP contribution in [0.5, 0.6) is 0 Å². The minimum atomic E-state index is -0.364. The molecule has 110 valence electrons. The molecule has 0 radical (unpaired) electrons. The lowest BCUT2D eigenvalue weighted by Gasteiger charge is -2.00. The molecule has 0 bridgehead atoms. The second kappa shape index (κ2) is 6.83. The van der Waals surface area contributed by atoms with Crippen molar-refractivity contribution in [1.82, 2.24) is 4.98 Å². The quantitative estimate of drug-likeness (QED) is 0.698. The van der Waals surface area contributed by atoms with Crippen molar-refractivity contribution < 1.29 is 9.53 Å². The fraction of sp³-hybridized carbons (Fsp3) is 0.250. The van der Waals surface area contributed by atoms with E-state index < -0.39 is 0 Å². The maximum atomic E-state index is 11.6. The summed E-state index contributed by atoms with van der Waals surface area (Å²) in [7, 11) is 0. The van der Waals surface area contributed by atoms with Crippen LogP contribution in [0.15, 0.2) is 18.2 Å². The van der Waals surface area contributed by atoms with Crippen molar-refractivity contribution >= 4 is 41.7 Å². The molecule has 0 aliphatic heterocycles. The van der Waals surface area contributed by atoms with E-state index in [0.29, 0.717) is 15.9 Å². The Kier molecular flexibility index (Phi) is 5.09. The molecule has 2 rings (SSSR count). The monoisotopic (exact) mass is 319 g/mol. The largest absolute Gasteiger partial charge is 0.463 e. The molecule has 0 atom stereocenters. The molecular formula is C16H17NO2S2. The van der Waals surface area contributed by atoms with Crippen LogP contribution in [-0.2, 0) is 9.53 Å². The van der Waals surface area contributed by atoms with E-state index >= 15 is 0 Å². The van der Waals surface area contributed by atoms with Crippen LogP contribution in [0.3, 0.4) is 0 Å². The number of nitrogens with one attached hydrogen (secondary N) is 1. The number of H-pyrrole nitrogens is 1. The maximum Gasteiger partial charge on any atom is 0.332 e. The summed E-state index contributed by atoms with van der Waals surface area (Å²) in [6, 6.07) is 6.27. The van der Waals surface area contributed by atoms with Gasteiger partial charge in [0.15, 0.2) is 3.95 Å². The van der Waals surface area contributed by atoms with E-state index in [-0.39, 0.29) is 5.97 Å². The molecule has 0 aliphatic carbocycles. The van der Waals surface area contributed by atoms with Crippen molar-refractivity contribution in [2.75, 3.05) is 6.61 Å². The van der Waals surface area contributed by atoms with E-state index in [0.717, 1.165) is 10.1 Å². The van der Waals surface area contributed by atoms with E-state index in [9.17, 15) is 4.79 Å². The SMILES string of the molecule is CCOC(=O)/C=c1\[nH]c(=S)s\c1=C/c1ccc(C)cc1C. The van der Waals surface area contributed by atoms with Gasteiger partial charge < -0.3 is 9.72 Å². The van der Waals surface area contributed by atoms with Crippen LogP contribution in [0.25, 0.3) is 12.2 Å². The fourth-order valence-corrected chi connectivity index (χ4v) is 3.14. The van der Waals surface area contributed by atoms with Gasteiger partial charge in [-0.25, -0.2) is 4.79 Å². The average molecular weight is 319 g/mol. The molecule has 0 aliphatic rings. The van der Waals surface area contributed by atoms with Gasteiger partial charge in [-0.15, -0.1) is 11.3 Å². The number of esters is 1. The Morgan fingerprint density at radius 3 is 2.86 bits per heavy atom. The molecule has 5 heteroatoms. The first-order valence-corrected chi connectivity index (χ1v) is 7.88. The van der Waals surface area contributed by atoms with Crippen molar-refractivity contribution in [2.45, 2.75) is 20.8 Å². The zero-order valence-corrected chi connectivity index (χ0v) is 13.9. The van der Waals surface area contributed by atoms with Gasteiger partial charge in [-0.1, -0.05) is 23.8 Å². The van der Waals surface area contributed by atoms with Gasteiger partial charge in [0.25, 0.3) is 0 Å². The van der Waals surface area contributed by atoms with E-state index in [1.54, 1.807) is 6.92 Å². The molecule has 0 fully saturated rings. The first-order chi connectivity index (χ1) is 9.99. The third-order valence-corrected chi connectivity index (χ3v) is 4.16. The Balaban J connectivity index is 2.56. The normalized spacial score (nSPS) is 12.7. The number of rotatable bonds is 3. The van der Waals surface area contributed by atoms with Gasteiger partial charge in [0.2, 0.25) is 0 Å². The Morgan fingerprint density at radius 1 is 1.43 bits per heavy atom. The lowest BCUT2D eigenvalue weighted by molar-refractivity contribution is -0.135. The lowest BCUT2D eigenvalue weighted by atomic mass is 10.1. The van der Waals surface area contributed by atoms with Gasteiger partial charge in [-0.05, 0) is 50.2 Å². The molecule has 1 aromatic heterocycles. The molecule has 1 heterocycles. The van der Waals surface area contributed by atoms with Crippen LogP contribution in [-0.4, -0.2) is 17.6 Å². The molecule has 0 unspecified atom stereocenters. The van der Waals surface area contributed by atoms with Crippen molar-refractivity contribution in [2.24, 2.45) is 0 Å². The summed E-state index contributed by atoms with van der Waals surface area (Å²) in [6.07, 6.45) is 3.49. The smallest absolute Gasteiger partial charge is 0.332 e. The van der Waals surface area contributed by atoms with Crippen molar-refractivity contribution in [3.8, 4) is 0 Å². The fourth-order valence-electron chi connectivity index (χ4n) is 2.00. The number of ether oxygens (including phenoxy) is 1. The first-order valence-electron chi connectivity index (χ1n) is 6.66. The van der Waals surface area contributed by atoms with Crippen molar-refractivity contribution in [3.63, 3.8) is 0 Å². The Labute approximate surface area is 132 Å². The van der Waals surface area contributed by atoms with E-state index in [1.807, 2.05) is 6.08 Å². The highest BCUT2D eigenvalue weighted by Crippen LogP contribution is 2.10. The molecule has 1 N–H and O–H groups in total. The Hall–Kier alpha value is -1.72. The van der Waals surface area contributed by atoms with Gasteiger partial charge in [0, 0.05) is 6.08 Å². The number of thiazole rings is 1. The average Bonchev–Trinajstić information content (AvgIpc) is 2.73. The van der Waals surface area contributed by atoms with Crippen LogP contribution >= 0.6 is 23.6 Å². The molecule has 21 heavy (non-hydrogen) atoms. The number of aromatic amines is 1. The molecule has 0 spiro atoms. The highest BCUT2D eigenvalue weighted by Gasteiger charge is 2.00. The molecule has 0 saturated heterocycles. The molecule has 0 amide bonds. The second-order valence-electron chi connectivity index (χ2n) is 4.69. The van der Waals surface area contributed by atoms with Crippen LogP contribution in [0.2, 0.25) is 0 Å². The summed E-state index contributed by atoms with van der Waals surface area (Å²) in [5, 5.41) is 0.698. The number of aryl methyl sites for hydroxylation is 2. The van der Waals surface area contributed by atoms with E-state index in [1.165, 1.54) is 28.5 Å². The van der Waals surface area contributed by atoms with Gasteiger partial charge in [-0.3, -0.25) is 0 Å². The Morgan fingerprint density at radius 2 is 2.19 bits per heavy atom. The number of benzene rings is 1. The zero-order chi connectivity index (χ0) is 15.4. The van der Waals surface area contributed by atoms with Gasteiger partial charge in [0.05, 0.1) is 16.5 Å². The second-order valence-corrected chi connectivity index (χ2v) is 6.41. The number of carbonyl (C=O) groups excluding carboxylic acids is 1.